The highest BCUT2D eigenvalue weighted by molar-refractivity contribution is 7.15. The topological polar surface area (TPSA) is 81.4 Å². The average Bonchev–Trinajstić information content (AvgIpc) is 3.22. The molecular weight excluding hydrogens is 532 g/mol. The zero-order valence-electron chi connectivity index (χ0n) is 20.8. The van der Waals surface area contributed by atoms with E-state index in [9.17, 15) is 13.6 Å². The molecular formula is C27H26ClF2N5O2S. The number of aryl methyl sites for hydroxylation is 1. The van der Waals surface area contributed by atoms with E-state index >= 15 is 0 Å². The highest BCUT2D eigenvalue weighted by Crippen LogP contribution is 2.54. The van der Waals surface area contributed by atoms with E-state index in [1.54, 1.807) is 11.3 Å². The van der Waals surface area contributed by atoms with Gasteiger partial charge in [0.15, 0.2) is 5.82 Å². The van der Waals surface area contributed by atoms with Crippen molar-refractivity contribution >= 4 is 34.6 Å². The first kappa shape index (κ1) is 24.4. The first-order valence-electron chi connectivity index (χ1n) is 12.9. The number of carbonyl (C=O) groups excluding carboxylic acids is 1. The van der Waals surface area contributed by atoms with Crippen LogP contribution in [0, 0.1) is 12.8 Å². The molecule has 1 aromatic carbocycles. The van der Waals surface area contributed by atoms with E-state index in [-0.39, 0.29) is 31.3 Å². The predicted octanol–water partition coefficient (Wildman–Crippen LogP) is 4.78. The number of amides is 1. The Kier molecular flexibility index (Phi) is 5.55. The molecule has 2 fully saturated rings. The molecule has 11 heteroatoms. The van der Waals surface area contributed by atoms with Crippen molar-refractivity contribution in [1.29, 1.82) is 0 Å². The Bertz CT molecular complexity index is 1490. The van der Waals surface area contributed by atoms with Gasteiger partial charge in [-0.3, -0.25) is 14.4 Å². The minimum Gasteiger partial charge on any atom is -0.373 e. The van der Waals surface area contributed by atoms with Crippen molar-refractivity contribution in [1.82, 2.24) is 20.1 Å². The third-order valence-corrected chi connectivity index (χ3v) is 9.48. The van der Waals surface area contributed by atoms with Gasteiger partial charge in [-0.1, -0.05) is 29.8 Å². The molecule has 7 nitrogen and oxygen atoms in total. The van der Waals surface area contributed by atoms with E-state index in [1.807, 2.05) is 31.2 Å². The van der Waals surface area contributed by atoms with Crippen LogP contribution in [0.4, 0.5) is 8.78 Å². The van der Waals surface area contributed by atoms with Crippen LogP contribution < -0.4 is 5.32 Å². The zero-order chi connectivity index (χ0) is 26.2. The van der Waals surface area contributed by atoms with Crippen LogP contribution in [0.3, 0.4) is 0 Å². The maximum atomic E-state index is 13.7. The number of thiophene rings is 1. The molecule has 7 rings (SSSR count). The second-order valence-electron chi connectivity index (χ2n) is 10.9. The van der Waals surface area contributed by atoms with E-state index in [0.29, 0.717) is 11.4 Å². The number of rotatable bonds is 4. The van der Waals surface area contributed by atoms with Gasteiger partial charge < -0.3 is 10.1 Å². The lowest BCUT2D eigenvalue weighted by atomic mass is 9.96. The number of alkyl halides is 2. The van der Waals surface area contributed by atoms with Crippen LogP contribution >= 0.6 is 22.9 Å². The van der Waals surface area contributed by atoms with Crippen molar-refractivity contribution in [2.24, 2.45) is 10.9 Å². The Morgan fingerprint density at radius 3 is 2.84 bits per heavy atom. The largest absolute Gasteiger partial charge is 0.373 e. The fraction of sp³-hybridized carbons (Fsp3) is 0.481. The van der Waals surface area contributed by atoms with Gasteiger partial charge in [0.05, 0.1) is 18.4 Å². The number of fused-ring (bicyclic) bond motifs is 6. The van der Waals surface area contributed by atoms with Gasteiger partial charge in [0, 0.05) is 33.9 Å². The van der Waals surface area contributed by atoms with Crippen molar-refractivity contribution in [3.63, 3.8) is 0 Å². The van der Waals surface area contributed by atoms with Gasteiger partial charge in [-0.25, -0.2) is 8.78 Å². The van der Waals surface area contributed by atoms with E-state index in [1.165, 1.54) is 10.4 Å². The number of halogens is 3. The van der Waals surface area contributed by atoms with E-state index in [2.05, 4.69) is 20.1 Å². The molecule has 4 heterocycles. The standard InChI is InChI=1S/C27H26ClF2N5O2S/c1-14-33-34-25-26(6-7-26)32-23(17-4-2-3-5-19(17)28)22-18-8-15(9-20(18)38-24(22)35(14)25)10-21(36)31-16-11-27(29,30)13-37-12-16/h2-5,15-16H,6-13H2,1H3,(H,31,36)/t15-,16+/m0/s1. The van der Waals surface area contributed by atoms with Crippen molar-refractivity contribution in [2.75, 3.05) is 13.2 Å². The van der Waals surface area contributed by atoms with Crippen molar-refractivity contribution in [2.45, 2.75) is 63.0 Å². The van der Waals surface area contributed by atoms with Crippen molar-refractivity contribution in [3.8, 4) is 5.00 Å². The number of aromatic nitrogens is 3. The van der Waals surface area contributed by atoms with Gasteiger partial charge in [0.2, 0.25) is 5.91 Å². The molecule has 2 aliphatic heterocycles. The van der Waals surface area contributed by atoms with Crippen LogP contribution in [0.5, 0.6) is 0 Å². The summed E-state index contributed by atoms with van der Waals surface area (Å²) in [6.07, 6.45) is 3.15. The van der Waals surface area contributed by atoms with Crippen LogP contribution in [0.15, 0.2) is 29.3 Å². The summed E-state index contributed by atoms with van der Waals surface area (Å²) in [7, 11) is 0. The second-order valence-corrected chi connectivity index (χ2v) is 12.4. The third kappa shape index (κ3) is 3.99. The number of nitrogens with one attached hydrogen (secondary N) is 1. The molecule has 1 saturated heterocycles. The molecule has 0 bridgehead atoms. The summed E-state index contributed by atoms with van der Waals surface area (Å²) < 4.78 is 34.6. The van der Waals surface area contributed by atoms with Crippen LogP contribution in [-0.2, 0) is 27.9 Å². The lowest BCUT2D eigenvalue weighted by Crippen LogP contribution is -2.48. The third-order valence-electron chi connectivity index (χ3n) is 7.91. The lowest BCUT2D eigenvalue weighted by molar-refractivity contribution is -0.136. The number of hydrogen-bond acceptors (Lipinski definition) is 6. The molecule has 4 aliphatic rings. The van der Waals surface area contributed by atoms with Crippen molar-refractivity contribution < 1.29 is 18.3 Å². The SMILES string of the molecule is Cc1nnc2n1-c1sc3c(c1C(c1ccccc1Cl)=NC21CC1)C[C@H](CC(=O)N[C@H]1COCC(F)(F)C1)C3. The molecule has 2 atom stereocenters. The molecule has 1 amide bonds. The van der Waals surface area contributed by atoms with Gasteiger partial charge in [-0.2, -0.15) is 0 Å². The quantitative estimate of drug-likeness (QED) is 0.501. The molecule has 2 aromatic heterocycles. The molecule has 3 aromatic rings. The molecule has 198 valence electrons. The maximum Gasteiger partial charge on any atom is 0.273 e. The van der Waals surface area contributed by atoms with Gasteiger partial charge in [-0.15, -0.1) is 21.5 Å². The average molecular weight is 558 g/mol. The number of nitrogens with zero attached hydrogens (tertiary/aromatic N) is 4. The normalized spacial score (nSPS) is 24.3. The Balaban J connectivity index is 1.22. The molecule has 38 heavy (non-hydrogen) atoms. The number of ether oxygens (including phenoxy) is 1. The summed E-state index contributed by atoms with van der Waals surface area (Å²) in [5.74, 6) is -1.33. The Morgan fingerprint density at radius 2 is 2.08 bits per heavy atom. The van der Waals surface area contributed by atoms with Gasteiger partial charge in [0.25, 0.3) is 5.92 Å². The predicted molar refractivity (Wildman–Crippen MR) is 140 cm³/mol. The first-order chi connectivity index (χ1) is 18.2. The van der Waals surface area contributed by atoms with Gasteiger partial charge >= 0.3 is 0 Å². The summed E-state index contributed by atoms with van der Waals surface area (Å²) in [6, 6.07) is 7.11. The summed E-state index contributed by atoms with van der Waals surface area (Å²) in [6.45, 7) is 1.50. The van der Waals surface area contributed by atoms with Crippen LogP contribution in [0.1, 0.15) is 58.9 Å². The highest BCUT2D eigenvalue weighted by atomic mass is 35.5. The Labute approximate surface area is 227 Å². The minimum atomic E-state index is -2.90. The molecule has 0 radical (unpaired) electrons. The van der Waals surface area contributed by atoms with Gasteiger partial charge in [0.1, 0.15) is 23.0 Å². The highest BCUT2D eigenvalue weighted by Gasteiger charge is 2.52. The molecule has 0 unspecified atom stereocenters. The fourth-order valence-corrected chi connectivity index (χ4v) is 7.76. The van der Waals surface area contributed by atoms with Crippen LogP contribution in [-0.4, -0.2) is 51.6 Å². The molecule has 2 aliphatic carbocycles. The molecule has 1 spiro atoms. The monoisotopic (exact) mass is 557 g/mol. The number of benzene rings is 1. The fourth-order valence-electron chi connectivity index (χ4n) is 6.05. The molecule has 1 saturated carbocycles. The maximum absolute atomic E-state index is 13.7. The van der Waals surface area contributed by atoms with E-state index in [0.717, 1.165) is 52.8 Å². The number of carbonyl (C=O) groups is 1. The van der Waals surface area contributed by atoms with Crippen molar-refractivity contribution in [3.05, 3.63) is 62.5 Å². The summed E-state index contributed by atoms with van der Waals surface area (Å²) in [5.41, 5.74) is 3.60. The van der Waals surface area contributed by atoms with Gasteiger partial charge in [-0.05, 0) is 50.2 Å². The van der Waals surface area contributed by atoms with Crippen LogP contribution in [0.2, 0.25) is 5.02 Å². The number of hydrogen-bond donors (Lipinski definition) is 1. The van der Waals surface area contributed by atoms with Crippen LogP contribution in [0.25, 0.3) is 5.00 Å². The van der Waals surface area contributed by atoms with E-state index < -0.39 is 24.1 Å². The Hall–Kier alpha value is -2.69. The lowest BCUT2D eigenvalue weighted by Gasteiger charge is -2.29. The summed E-state index contributed by atoms with van der Waals surface area (Å²) in [5, 5.41) is 13.4. The van der Waals surface area contributed by atoms with E-state index in [4.69, 9.17) is 21.3 Å². The Morgan fingerprint density at radius 1 is 1.26 bits per heavy atom. The summed E-state index contributed by atoms with van der Waals surface area (Å²) >= 11 is 8.41. The smallest absolute Gasteiger partial charge is 0.273 e. The first-order valence-corrected chi connectivity index (χ1v) is 14.1. The number of aliphatic imine (C=N–C) groups is 1. The summed E-state index contributed by atoms with van der Waals surface area (Å²) in [4.78, 5) is 19.4. The minimum absolute atomic E-state index is 0.0821. The molecule has 1 N–H and O–H groups in total. The zero-order valence-corrected chi connectivity index (χ0v) is 22.3. The second kappa shape index (κ2) is 8.66.